The van der Waals surface area contributed by atoms with Crippen LogP contribution in [0, 0.1) is 10.1 Å². The van der Waals surface area contributed by atoms with Gasteiger partial charge in [0.25, 0.3) is 5.69 Å². The Morgan fingerprint density at radius 2 is 2.07 bits per heavy atom. The van der Waals surface area contributed by atoms with E-state index >= 15 is 0 Å². The minimum atomic E-state index is -0.456. The van der Waals surface area contributed by atoms with Crippen molar-refractivity contribution in [3.63, 3.8) is 0 Å². The lowest BCUT2D eigenvalue weighted by molar-refractivity contribution is -0.385. The molecule has 1 rings (SSSR count). The number of hydrogen-bond acceptors (Lipinski definition) is 3. The average molecular weight is 193 g/mol. The average Bonchev–Trinajstić information content (AvgIpc) is 2.16. The van der Waals surface area contributed by atoms with E-state index in [-0.39, 0.29) is 11.6 Å². The van der Waals surface area contributed by atoms with Crippen LogP contribution in [0.3, 0.4) is 0 Å². The van der Waals surface area contributed by atoms with Crippen molar-refractivity contribution in [1.82, 2.24) is 0 Å². The molecule has 4 nitrogen and oxygen atoms in total. The molecule has 4 heteroatoms. The number of nitro benzene ring substituents is 1. The second kappa shape index (κ2) is 4.00. The second-order valence-electron chi connectivity index (χ2n) is 3.35. The molecule has 0 spiro atoms. The molecule has 74 valence electrons. The predicted molar refractivity (Wildman–Crippen MR) is 52.6 cm³/mol. The summed E-state index contributed by atoms with van der Waals surface area (Å²) in [6.45, 7) is 3.76. The van der Waals surface area contributed by atoms with Crippen LogP contribution >= 0.6 is 0 Å². The zero-order valence-electron chi connectivity index (χ0n) is 8.06. The molecule has 0 saturated carbocycles. The van der Waals surface area contributed by atoms with Crippen molar-refractivity contribution < 1.29 is 9.72 Å². The van der Waals surface area contributed by atoms with Crippen molar-refractivity contribution in [2.45, 2.75) is 19.8 Å². The van der Waals surface area contributed by atoms with Crippen molar-refractivity contribution in [2.75, 3.05) is 0 Å². The standard InChI is InChI=1S/C10H11NO3/c1-7(2)9-4-3-8(6-12)5-10(9)11(13)14/h3-7H,1-2H3. The molecule has 0 unspecified atom stereocenters. The molecule has 0 saturated heterocycles. The number of nitrogens with zero attached hydrogens (tertiary/aromatic N) is 1. The number of benzene rings is 1. The number of aldehydes is 1. The van der Waals surface area contributed by atoms with E-state index in [0.717, 1.165) is 0 Å². The predicted octanol–water partition coefficient (Wildman–Crippen LogP) is 2.53. The molecule has 0 amide bonds. The normalized spacial score (nSPS) is 10.2. The first-order chi connectivity index (χ1) is 6.56. The van der Waals surface area contributed by atoms with Crippen LogP contribution in [0.15, 0.2) is 18.2 Å². The summed E-state index contributed by atoms with van der Waals surface area (Å²) in [5, 5.41) is 10.7. The molecule has 0 aliphatic heterocycles. The van der Waals surface area contributed by atoms with E-state index in [0.29, 0.717) is 17.4 Å². The Morgan fingerprint density at radius 3 is 2.50 bits per heavy atom. The molecule has 0 aliphatic carbocycles. The molecule has 0 heterocycles. The lowest BCUT2D eigenvalue weighted by Gasteiger charge is -2.05. The molecule has 0 bridgehead atoms. The van der Waals surface area contributed by atoms with E-state index in [4.69, 9.17) is 0 Å². The molecule has 0 radical (unpaired) electrons. The molecule has 0 aromatic heterocycles. The van der Waals surface area contributed by atoms with Gasteiger partial charge in [-0.15, -0.1) is 0 Å². The molecule has 0 atom stereocenters. The third kappa shape index (κ3) is 1.96. The summed E-state index contributed by atoms with van der Waals surface area (Å²) in [4.78, 5) is 20.7. The Labute approximate surface area is 81.7 Å². The summed E-state index contributed by atoms with van der Waals surface area (Å²) in [5.74, 6) is 0.0797. The number of carbonyl (C=O) groups is 1. The van der Waals surface area contributed by atoms with Crippen LogP contribution in [0.25, 0.3) is 0 Å². The summed E-state index contributed by atoms with van der Waals surface area (Å²) >= 11 is 0. The van der Waals surface area contributed by atoms with Crippen molar-refractivity contribution in [3.8, 4) is 0 Å². The molecule has 1 aromatic carbocycles. The maximum atomic E-state index is 10.7. The van der Waals surface area contributed by atoms with Gasteiger partial charge < -0.3 is 0 Å². The van der Waals surface area contributed by atoms with Crippen molar-refractivity contribution in [3.05, 3.63) is 39.4 Å². The van der Waals surface area contributed by atoms with Gasteiger partial charge in [-0.2, -0.15) is 0 Å². The van der Waals surface area contributed by atoms with Crippen LogP contribution in [-0.4, -0.2) is 11.2 Å². The van der Waals surface area contributed by atoms with Gasteiger partial charge in [0.1, 0.15) is 6.29 Å². The Balaban J connectivity index is 3.31. The van der Waals surface area contributed by atoms with Gasteiger partial charge in [-0.05, 0) is 5.92 Å². The van der Waals surface area contributed by atoms with Gasteiger partial charge in [0.2, 0.25) is 0 Å². The lowest BCUT2D eigenvalue weighted by atomic mass is 10.00. The second-order valence-corrected chi connectivity index (χ2v) is 3.35. The third-order valence-electron chi connectivity index (χ3n) is 2.01. The van der Waals surface area contributed by atoms with E-state index in [9.17, 15) is 14.9 Å². The van der Waals surface area contributed by atoms with Gasteiger partial charge in [-0.3, -0.25) is 14.9 Å². The molecular weight excluding hydrogens is 182 g/mol. The minimum Gasteiger partial charge on any atom is -0.298 e. The van der Waals surface area contributed by atoms with Crippen molar-refractivity contribution >= 4 is 12.0 Å². The highest BCUT2D eigenvalue weighted by Crippen LogP contribution is 2.26. The van der Waals surface area contributed by atoms with Crippen LogP contribution in [0.4, 0.5) is 5.69 Å². The van der Waals surface area contributed by atoms with Crippen LogP contribution in [0.2, 0.25) is 0 Å². The number of rotatable bonds is 3. The highest BCUT2D eigenvalue weighted by Gasteiger charge is 2.16. The van der Waals surface area contributed by atoms with Gasteiger partial charge in [0.15, 0.2) is 0 Å². The van der Waals surface area contributed by atoms with E-state index in [1.807, 2.05) is 13.8 Å². The largest absolute Gasteiger partial charge is 0.298 e. The van der Waals surface area contributed by atoms with Gasteiger partial charge in [-0.25, -0.2) is 0 Å². The zero-order chi connectivity index (χ0) is 10.7. The zero-order valence-corrected chi connectivity index (χ0v) is 8.06. The Kier molecular flexibility index (Phi) is 2.96. The first-order valence-corrected chi connectivity index (χ1v) is 4.29. The first kappa shape index (κ1) is 10.4. The Bertz CT molecular complexity index is 372. The maximum absolute atomic E-state index is 10.7. The van der Waals surface area contributed by atoms with Gasteiger partial charge in [0.05, 0.1) is 4.92 Å². The molecule has 0 fully saturated rings. The summed E-state index contributed by atoms with van der Waals surface area (Å²) in [5.41, 5.74) is 1.01. The topological polar surface area (TPSA) is 60.2 Å². The van der Waals surface area contributed by atoms with E-state index < -0.39 is 4.92 Å². The summed E-state index contributed by atoms with van der Waals surface area (Å²) in [6, 6.07) is 4.53. The van der Waals surface area contributed by atoms with Gasteiger partial charge in [0, 0.05) is 17.2 Å². The van der Waals surface area contributed by atoms with E-state index in [2.05, 4.69) is 0 Å². The molecule has 1 aromatic rings. The third-order valence-corrected chi connectivity index (χ3v) is 2.01. The Morgan fingerprint density at radius 1 is 1.43 bits per heavy atom. The lowest BCUT2D eigenvalue weighted by Crippen LogP contribution is -1.98. The highest BCUT2D eigenvalue weighted by atomic mass is 16.6. The number of nitro groups is 1. The monoisotopic (exact) mass is 193 g/mol. The molecule has 14 heavy (non-hydrogen) atoms. The van der Waals surface area contributed by atoms with Crippen molar-refractivity contribution in [2.24, 2.45) is 0 Å². The minimum absolute atomic E-state index is 0.0181. The first-order valence-electron chi connectivity index (χ1n) is 4.29. The van der Waals surface area contributed by atoms with Crippen LogP contribution in [0.5, 0.6) is 0 Å². The molecular formula is C10H11NO3. The van der Waals surface area contributed by atoms with Gasteiger partial charge >= 0.3 is 0 Å². The number of carbonyl (C=O) groups excluding carboxylic acids is 1. The van der Waals surface area contributed by atoms with Crippen molar-refractivity contribution in [1.29, 1.82) is 0 Å². The maximum Gasteiger partial charge on any atom is 0.273 e. The fourth-order valence-corrected chi connectivity index (χ4v) is 1.28. The number of hydrogen-bond donors (Lipinski definition) is 0. The quantitative estimate of drug-likeness (QED) is 0.421. The van der Waals surface area contributed by atoms with Crippen LogP contribution in [0.1, 0.15) is 35.7 Å². The van der Waals surface area contributed by atoms with Crippen LogP contribution < -0.4 is 0 Å². The van der Waals surface area contributed by atoms with E-state index in [1.165, 1.54) is 6.07 Å². The van der Waals surface area contributed by atoms with E-state index in [1.54, 1.807) is 12.1 Å². The fourth-order valence-electron chi connectivity index (χ4n) is 1.28. The van der Waals surface area contributed by atoms with Crippen LogP contribution in [-0.2, 0) is 0 Å². The molecule has 0 aliphatic rings. The smallest absolute Gasteiger partial charge is 0.273 e. The summed E-state index contributed by atoms with van der Waals surface area (Å²) in [6.07, 6.45) is 0.608. The Hall–Kier alpha value is -1.71. The SMILES string of the molecule is CC(C)c1ccc(C=O)cc1[N+](=O)[O-]. The summed E-state index contributed by atoms with van der Waals surface area (Å²) in [7, 11) is 0. The van der Waals surface area contributed by atoms with Gasteiger partial charge in [-0.1, -0.05) is 26.0 Å². The highest BCUT2D eigenvalue weighted by molar-refractivity contribution is 5.76. The fraction of sp³-hybridized carbons (Fsp3) is 0.300. The molecule has 0 N–H and O–H groups in total. The summed E-state index contributed by atoms with van der Waals surface area (Å²) < 4.78 is 0.